The van der Waals surface area contributed by atoms with Crippen LogP contribution < -0.4 is 0 Å². The van der Waals surface area contributed by atoms with E-state index in [0.717, 1.165) is 19.7 Å². The van der Waals surface area contributed by atoms with Gasteiger partial charge in [-0.05, 0) is 80.2 Å². The Morgan fingerprint density at radius 1 is 1.31 bits per heavy atom. The van der Waals surface area contributed by atoms with Crippen LogP contribution in [0.1, 0.15) is 58.1 Å². The summed E-state index contributed by atoms with van der Waals surface area (Å²) >= 11 is 0. The second-order valence-electron chi connectivity index (χ2n) is 6.95. The molecular formula is C25H35P. The van der Waals surface area contributed by atoms with Crippen molar-refractivity contribution in [1.29, 1.82) is 0 Å². The highest BCUT2D eigenvalue weighted by atomic mass is 31.1. The lowest BCUT2D eigenvalue weighted by Gasteiger charge is -2.22. The normalized spacial score (nSPS) is 14.4. The Labute approximate surface area is 163 Å². The van der Waals surface area contributed by atoms with Gasteiger partial charge in [-0.15, -0.1) is 0 Å². The Morgan fingerprint density at radius 3 is 2.69 bits per heavy atom. The molecule has 0 saturated heterocycles. The van der Waals surface area contributed by atoms with Crippen LogP contribution in [-0.2, 0) is 0 Å². The quantitative estimate of drug-likeness (QED) is 0.184. The number of hydrogen-bond acceptors (Lipinski definition) is 0. The highest BCUT2D eigenvalue weighted by molar-refractivity contribution is 7.43. The van der Waals surface area contributed by atoms with E-state index in [1.165, 1.54) is 36.3 Å². The number of hydrogen-bond donors (Lipinski definition) is 0. The van der Waals surface area contributed by atoms with Crippen molar-refractivity contribution in [2.75, 3.05) is 6.16 Å². The van der Waals surface area contributed by atoms with Gasteiger partial charge in [-0.25, -0.2) is 0 Å². The van der Waals surface area contributed by atoms with Crippen LogP contribution >= 0.6 is 8.58 Å². The van der Waals surface area contributed by atoms with Gasteiger partial charge in [0.05, 0.1) is 0 Å². The molecule has 0 radical (unpaired) electrons. The minimum absolute atomic E-state index is 0.498. The van der Waals surface area contributed by atoms with Crippen molar-refractivity contribution >= 4 is 8.58 Å². The average Bonchev–Trinajstić information content (AvgIpc) is 2.64. The summed E-state index contributed by atoms with van der Waals surface area (Å²) < 4.78 is 0. The standard InChI is InChI=1S/C25H35P/c1-7-12-24(9-3)26-18-11-15-25(21(5)8-2)22(6)16-17-23-14-10-13-20(4)19-23/h7,9-10,12-14,19,21,25-26H,6,8,11,15,18H2,1-5H3/b12-7-,24-9+. The van der Waals surface area contributed by atoms with Gasteiger partial charge >= 0.3 is 0 Å². The molecule has 0 aliphatic rings. The van der Waals surface area contributed by atoms with E-state index >= 15 is 0 Å². The van der Waals surface area contributed by atoms with Crippen LogP contribution in [0.3, 0.4) is 0 Å². The fraction of sp³-hybridized carbons (Fsp3) is 0.440. The van der Waals surface area contributed by atoms with E-state index < -0.39 is 0 Å². The summed E-state index contributed by atoms with van der Waals surface area (Å²) in [5.41, 5.74) is 3.44. The number of aryl methyl sites for hydroxylation is 1. The summed E-state index contributed by atoms with van der Waals surface area (Å²) in [6.45, 7) is 15.3. The zero-order chi connectivity index (χ0) is 19.4. The smallest absolute Gasteiger partial charge is 0.0251 e. The molecule has 0 fully saturated rings. The van der Waals surface area contributed by atoms with Gasteiger partial charge in [-0.1, -0.05) is 77.6 Å². The van der Waals surface area contributed by atoms with Crippen molar-refractivity contribution in [1.82, 2.24) is 0 Å². The third kappa shape index (κ3) is 8.21. The Morgan fingerprint density at radius 2 is 2.08 bits per heavy atom. The molecule has 0 saturated carbocycles. The Kier molecular flexibility index (Phi) is 11.0. The van der Waals surface area contributed by atoms with Crippen LogP contribution in [0.5, 0.6) is 0 Å². The van der Waals surface area contributed by atoms with Crippen molar-refractivity contribution in [3.8, 4) is 11.8 Å². The molecule has 0 aromatic heterocycles. The second-order valence-corrected chi connectivity index (χ2v) is 8.38. The topological polar surface area (TPSA) is 0 Å². The molecule has 1 rings (SSSR count). The molecule has 0 aliphatic heterocycles. The molecule has 140 valence electrons. The summed E-state index contributed by atoms with van der Waals surface area (Å²) in [5.74, 6) is 7.80. The van der Waals surface area contributed by atoms with Gasteiger partial charge in [0.25, 0.3) is 0 Å². The fourth-order valence-electron chi connectivity index (χ4n) is 3.05. The van der Waals surface area contributed by atoms with E-state index in [1.54, 1.807) is 0 Å². The van der Waals surface area contributed by atoms with Crippen molar-refractivity contribution in [3.63, 3.8) is 0 Å². The monoisotopic (exact) mass is 366 g/mol. The van der Waals surface area contributed by atoms with E-state index in [0.29, 0.717) is 11.8 Å². The number of rotatable bonds is 9. The van der Waals surface area contributed by atoms with Crippen LogP contribution in [0.2, 0.25) is 0 Å². The summed E-state index contributed by atoms with van der Waals surface area (Å²) in [6, 6.07) is 8.39. The lowest BCUT2D eigenvalue weighted by molar-refractivity contribution is 0.381. The van der Waals surface area contributed by atoms with Gasteiger partial charge < -0.3 is 0 Å². The molecule has 3 unspecified atom stereocenters. The molecule has 0 nitrogen and oxygen atoms in total. The maximum atomic E-state index is 4.33. The van der Waals surface area contributed by atoms with Crippen LogP contribution in [0.15, 0.2) is 60.0 Å². The van der Waals surface area contributed by atoms with Gasteiger partial charge in [0.2, 0.25) is 0 Å². The first-order valence-electron chi connectivity index (χ1n) is 9.82. The van der Waals surface area contributed by atoms with E-state index in [2.05, 4.69) is 95.5 Å². The van der Waals surface area contributed by atoms with Gasteiger partial charge in [0, 0.05) is 5.56 Å². The predicted octanol–water partition coefficient (Wildman–Crippen LogP) is 7.50. The van der Waals surface area contributed by atoms with E-state index in [-0.39, 0.29) is 0 Å². The second kappa shape index (κ2) is 12.7. The molecule has 1 heteroatoms. The summed E-state index contributed by atoms with van der Waals surface area (Å²) in [6.07, 6.45) is 11.5. The molecule has 1 aromatic carbocycles. The third-order valence-electron chi connectivity index (χ3n) is 4.84. The Hall–Kier alpha value is -1.57. The molecule has 3 atom stereocenters. The van der Waals surface area contributed by atoms with Crippen LogP contribution in [0, 0.1) is 30.6 Å². The molecule has 0 spiro atoms. The van der Waals surface area contributed by atoms with Gasteiger partial charge in [-0.2, -0.15) is 0 Å². The minimum Gasteiger partial charge on any atom is -0.0908 e. The maximum absolute atomic E-state index is 4.33. The largest absolute Gasteiger partial charge is 0.0908 e. The van der Waals surface area contributed by atoms with Crippen molar-refractivity contribution in [2.45, 2.75) is 53.9 Å². The van der Waals surface area contributed by atoms with Crippen LogP contribution in [-0.4, -0.2) is 6.16 Å². The molecule has 0 aliphatic carbocycles. The van der Waals surface area contributed by atoms with Crippen molar-refractivity contribution in [2.24, 2.45) is 11.8 Å². The van der Waals surface area contributed by atoms with E-state index in [4.69, 9.17) is 0 Å². The zero-order valence-corrected chi connectivity index (χ0v) is 18.2. The lowest BCUT2D eigenvalue weighted by Crippen LogP contribution is -2.13. The molecule has 1 aromatic rings. The molecule has 0 heterocycles. The van der Waals surface area contributed by atoms with Crippen LogP contribution in [0.25, 0.3) is 0 Å². The van der Waals surface area contributed by atoms with Gasteiger partial charge in [0.15, 0.2) is 0 Å². The maximum Gasteiger partial charge on any atom is 0.0251 e. The first kappa shape index (κ1) is 22.5. The minimum atomic E-state index is 0.498. The van der Waals surface area contributed by atoms with Gasteiger partial charge in [-0.3, -0.25) is 0 Å². The van der Waals surface area contributed by atoms with E-state index in [9.17, 15) is 0 Å². The highest BCUT2D eigenvalue weighted by Crippen LogP contribution is 2.31. The first-order valence-corrected chi connectivity index (χ1v) is 11.0. The molecular weight excluding hydrogens is 331 g/mol. The number of allylic oxidation sites excluding steroid dienone is 5. The lowest BCUT2D eigenvalue weighted by atomic mass is 9.83. The third-order valence-corrected chi connectivity index (χ3v) is 6.31. The fourth-order valence-corrected chi connectivity index (χ4v) is 4.20. The first-order chi connectivity index (χ1) is 12.5. The van der Waals surface area contributed by atoms with Crippen molar-refractivity contribution < 1.29 is 0 Å². The average molecular weight is 367 g/mol. The van der Waals surface area contributed by atoms with Crippen molar-refractivity contribution in [3.05, 3.63) is 71.1 Å². The Balaban J connectivity index is 2.67. The highest BCUT2D eigenvalue weighted by Gasteiger charge is 2.17. The summed E-state index contributed by atoms with van der Waals surface area (Å²) in [5, 5.41) is 1.46. The molecule has 26 heavy (non-hydrogen) atoms. The van der Waals surface area contributed by atoms with E-state index in [1.807, 2.05) is 0 Å². The molecule has 0 amide bonds. The number of benzene rings is 1. The SMILES string of the molecule is C=C(C#Cc1cccc(C)c1)C(CCCPC(/C=C\C)=C/C)C(C)CC. The Bertz CT molecular complexity index is 682. The summed E-state index contributed by atoms with van der Waals surface area (Å²) in [4.78, 5) is 0. The zero-order valence-electron chi connectivity index (χ0n) is 17.2. The van der Waals surface area contributed by atoms with Crippen LogP contribution in [0.4, 0.5) is 0 Å². The molecule has 0 N–H and O–H groups in total. The van der Waals surface area contributed by atoms with Gasteiger partial charge in [0.1, 0.15) is 0 Å². The predicted molar refractivity (Wildman–Crippen MR) is 121 cm³/mol. The molecule has 0 bridgehead atoms. The summed E-state index contributed by atoms with van der Waals surface area (Å²) in [7, 11) is 0.903.